The Labute approximate surface area is 208 Å². The average molecular weight is 509 g/mol. The summed E-state index contributed by atoms with van der Waals surface area (Å²) in [6, 6.07) is 0. The molecule has 0 aromatic carbocycles. The lowest BCUT2D eigenvalue weighted by molar-refractivity contribution is -0.115. The molecule has 2 aliphatic carbocycles. The molecule has 0 aromatic heterocycles. The van der Waals surface area contributed by atoms with E-state index in [4.69, 9.17) is 8.85 Å². The minimum atomic E-state index is -2.04. The third-order valence-corrected chi connectivity index (χ3v) is 19.9. The Morgan fingerprint density at radius 3 is 1.88 bits per heavy atom. The summed E-state index contributed by atoms with van der Waals surface area (Å²) in [6.07, 6.45) is 5.20. The Kier molecular flexibility index (Phi) is 7.88. The summed E-state index contributed by atoms with van der Waals surface area (Å²) in [5.41, 5.74) is 1.05. The van der Waals surface area contributed by atoms with Crippen molar-refractivity contribution in [2.45, 2.75) is 135 Å². The summed E-state index contributed by atoms with van der Waals surface area (Å²) in [5, 5.41) is 1.40. The topological polar surface area (TPSA) is 35.5 Å². The third kappa shape index (κ3) is 5.93. The third-order valence-electron chi connectivity index (χ3n) is 8.75. The van der Waals surface area contributed by atoms with Crippen molar-refractivity contribution in [3.05, 3.63) is 23.4 Å². The second-order valence-corrected chi connectivity index (χ2v) is 29.2. The van der Waals surface area contributed by atoms with Crippen molar-refractivity contribution in [3.63, 3.8) is 0 Å². The van der Waals surface area contributed by atoms with Crippen molar-refractivity contribution in [1.82, 2.24) is 0 Å². The van der Waals surface area contributed by atoms with Crippen molar-refractivity contribution in [2.24, 2.45) is 5.92 Å². The van der Waals surface area contributed by atoms with E-state index in [9.17, 15) is 4.79 Å². The highest BCUT2D eigenvalue weighted by atomic mass is 28.4. The van der Waals surface area contributed by atoms with Gasteiger partial charge in [0.05, 0.1) is 19.8 Å². The number of rotatable bonds is 7. The van der Waals surface area contributed by atoms with Gasteiger partial charge in [-0.1, -0.05) is 67.3 Å². The molecule has 0 N–H and O–H groups in total. The first-order valence-corrected chi connectivity index (χ1v) is 22.2. The highest BCUT2D eigenvalue weighted by molar-refractivity contribution is 6.87. The molecule has 1 fully saturated rings. The van der Waals surface area contributed by atoms with Crippen LogP contribution in [0.2, 0.25) is 55.9 Å². The van der Waals surface area contributed by atoms with Crippen molar-refractivity contribution in [2.75, 3.05) is 0 Å². The molecular formula is C27H52O3Si3. The van der Waals surface area contributed by atoms with Gasteiger partial charge in [0.2, 0.25) is 0 Å². The van der Waals surface area contributed by atoms with Crippen LogP contribution in [0.5, 0.6) is 0 Å². The van der Waals surface area contributed by atoms with E-state index in [1.54, 1.807) is 0 Å². The van der Waals surface area contributed by atoms with Crippen LogP contribution in [0.1, 0.15) is 67.2 Å². The summed E-state index contributed by atoms with van der Waals surface area (Å²) in [4.78, 5) is 13.4. The summed E-state index contributed by atoms with van der Waals surface area (Å²) in [5.74, 6) is 0.618. The number of Topliss-reactive ketones (excluding diaryl/α,β-unsaturated/α-hetero) is 1. The molecule has 3 atom stereocenters. The predicted octanol–water partition coefficient (Wildman–Crippen LogP) is 8.27. The number of allylic oxidation sites excluding steroid dienone is 1. The van der Waals surface area contributed by atoms with Crippen LogP contribution in [0.3, 0.4) is 0 Å². The lowest BCUT2D eigenvalue weighted by Crippen LogP contribution is -2.56. The normalized spacial score (nSPS) is 27.7. The Hall–Kier alpha value is -0.279. The SMILES string of the molecule is C=CC[C@]1(O[Si](C)(C)C(C)(C)C)C[C@@H]2CC(=O)C([Si](C)(C)C)=C2[C@@H](O[Si](C)(C)C(C)(C)C)C1. The van der Waals surface area contributed by atoms with Gasteiger partial charge in [0.15, 0.2) is 22.4 Å². The minimum absolute atomic E-state index is 0.0254. The minimum Gasteiger partial charge on any atom is -0.411 e. The van der Waals surface area contributed by atoms with Gasteiger partial charge in [-0.15, -0.1) is 6.58 Å². The van der Waals surface area contributed by atoms with Crippen molar-refractivity contribution >= 4 is 30.5 Å². The second kappa shape index (κ2) is 8.99. The van der Waals surface area contributed by atoms with Crippen molar-refractivity contribution in [3.8, 4) is 0 Å². The molecule has 2 rings (SSSR count). The van der Waals surface area contributed by atoms with Gasteiger partial charge in [-0.05, 0) is 65.8 Å². The van der Waals surface area contributed by atoms with E-state index in [-0.39, 0.29) is 27.7 Å². The zero-order valence-corrected chi connectivity index (χ0v) is 27.0. The second-order valence-electron chi connectivity index (χ2n) is 14.7. The van der Waals surface area contributed by atoms with E-state index in [0.717, 1.165) is 24.5 Å². The van der Waals surface area contributed by atoms with Crippen molar-refractivity contribution in [1.29, 1.82) is 0 Å². The van der Waals surface area contributed by atoms with E-state index in [2.05, 4.69) is 94.0 Å². The number of ketones is 1. The predicted molar refractivity (Wildman–Crippen MR) is 151 cm³/mol. The van der Waals surface area contributed by atoms with Gasteiger partial charge in [0.1, 0.15) is 0 Å². The zero-order valence-electron chi connectivity index (χ0n) is 24.0. The van der Waals surface area contributed by atoms with E-state index in [0.29, 0.717) is 12.2 Å². The first-order valence-electron chi connectivity index (χ1n) is 12.8. The maximum atomic E-state index is 13.4. The summed E-state index contributed by atoms with van der Waals surface area (Å²) >= 11 is 0. The molecule has 6 heteroatoms. The fraction of sp³-hybridized carbons (Fsp3) is 0.815. The highest BCUT2D eigenvalue weighted by Crippen LogP contribution is 2.53. The van der Waals surface area contributed by atoms with Crippen LogP contribution in [-0.4, -0.2) is 42.2 Å². The monoisotopic (exact) mass is 508 g/mol. The summed E-state index contributed by atoms with van der Waals surface area (Å²) in [6.45, 7) is 34.3. The molecule has 1 saturated carbocycles. The zero-order chi connectivity index (χ0) is 25.8. The fourth-order valence-corrected chi connectivity index (χ4v) is 10.2. The lowest BCUT2D eigenvalue weighted by Gasteiger charge is -2.52. The van der Waals surface area contributed by atoms with Crippen LogP contribution in [0.4, 0.5) is 0 Å². The van der Waals surface area contributed by atoms with Crippen LogP contribution in [0, 0.1) is 5.92 Å². The maximum absolute atomic E-state index is 13.4. The molecule has 0 amide bonds. The van der Waals surface area contributed by atoms with Crippen LogP contribution in [0.25, 0.3) is 0 Å². The van der Waals surface area contributed by atoms with Gasteiger partial charge in [0, 0.05) is 12.8 Å². The van der Waals surface area contributed by atoms with E-state index in [1.807, 2.05) is 6.08 Å². The number of hydrogen-bond acceptors (Lipinski definition) is 3. The largest absolute Gasteiger partial charge is 0.411 e. The van der Waals surface area contributed by atoms with Gasteiger partial charge in [-0.3, -0.25) is 4.79 Å². The molecule has 190 valence electrons. The Morgan fingerprint density at radius 1 is 0.939 bits per heavy atom. The van der Waals surface area contributed by atoms with Crippen LogP contribution in [0.15, 0.2) is 23.4 Å². The Bertz CT molecular complexity index is 806. The van der Waals surface area contributed by atoms with E-state index < -0.39 is 24.7 Å². The molecule has 0 spiro atoms. The molecule has 0 bridgehead atoms. The standard InChI is InChI=1S/C27H52O3Si3/c1-15-16-27(30-33(13,14)26(5,6)7)18-20-17-21(28)24(31(8,9)10)23(20)22(19-27)29-32(11,12)25(2,3)4/h15,20,22H,1,16-19H2,2-14H3/t20-,22-,27-/m0/s1. The molecule has 0 unspecified atom stereocenters. The highest BCUT2D eigenvalue weighted by Gasteiger charge is 2.55. The number of carbonyl (C=O) groups excluding carboxylic acids is 1. The summed E-state index contributed by atoms with van der Waals surface area (Å²) < 4.78 is 14.4. The molecule has 0 saturated heterocycles. The van der Waals surface area contributed by atoms with Gasteiger partial charge in [-0.2, -0.15) is 0 Å². The van der Waals surface area contributed by atoms with Gasteiger partial charge in [0.25, 0.3) is 0 Å². The van der Waals surface area contributed by atoms with Gasteiger partial charge < -0.3 is 8.85 Å². The molecule has 0 heterocycles. The molecule has 33 heavy (non-hydrogen) atoms. The quantitative estimate of drug-likeness (QED) is 0.256. The van der Waals surface area contributed by atoms with Gasteiger partial charge >= 0.3 is 0 Å². The Balaban J connectivity index is 2.65. The smallest absolute Gasteiger partial charge is 0.192 e. The van der Waals surface area contributed by atoms with Gasteiger partial charge in [-0.25, -0.2) is 0 Å². The summed E-state index contributed by atoms with van der Waals surface area (Å²) in [7, 11) is -5.86. The molecular weight excluding hydrogens is 457 g/mol. The molecule has 3 nitrogen and oxygen atoms in total. The van der Waals surface area contributed by atoms with Crippen LogP contribution in [-0.2, 0) is 13.6 Å². The molecule has 2 aliphatic rings. The van der Waals surface area contributed by atoms with E-state index >= 15 is 0 Å². The first kappa shape index (κ1) is 29.0. The Morgan fingerprint density at radius 2 is 1.45 bits per heavy atom. The van der Waals surface area contributed by atoms with Crippen LogP contribution < -0.4 is 0 Å². The van der Waals surface area contributed by atoms with E-state index in [1.165, 1.54) is 5.57 Å². The van der Waals surface area contributed by atoms with Crippen molar-refractivity contribution < 1.29 is 13.6 Å². The fourth-order valence-electron chi connectivity index (χ4n) is 5.13. The molecule has 0 aliphatic heterocycles. The molecule has 0 aromatic rings. The number of carbonyl (C=O) groups is 1. The first-order chi connectivity index (χ1) is 14.6. The number of fused-ring (bicyclic) bond motifs is 1. The van der Waals surface area contributed by atoms with Crippen LogP contribution >= 0.6 is 0 Å². The number of hydrogen-bond donors (Lipinski definition) is 0. The average Bonchev–Trinajstić information content (AvgIpc) is 2.87. The maximum Gasteiger partial charge on any atom is 0.192 e. The lowest BCUT2D eigenvalue weighted by atomic mass is 9.73. The molecule has 0 radical (unpaired) electrons.